The molecule has 0 radical (unpaired) electrons. The molecule has 0 aliphatic carbocycles. The van der Waals surface area contributed by atoms with E-state index in [-0.39, 0.29) is 5.69 Å². The first kappa shape index (κ1) is 12.4. The maximum Gasteiger partial charge on any atom is 0.255 e. The van der Waals surface area contributed by atoms with Gasteiger partial charge in [0.25, 0.3) is 5.91 Å². The molecule has 1 N–H and O–H groups in total. The summed E-state index contributed by atoms with van der Waals surface area (Å²) in [5.41, 5.74) is 0.286. The van der Waals surface area contributed by atoms with Crippen LogP contribution in [0.1, 0.15) is 6.92 Å². The Morgan fingerprint density at radius 1 is 1.56 bits per heavy atom. The van der Waals surface area contributed by atoms with Gasteiger partial charge in [0.15, 0.2) is 0 Å². The van der Waals surface area contributed by atoms with Crippen LogP contribution in [0.5, 0.6) is 5.75 Å². The number of carbonyl (C=O) groups excluding carboxylic acids is 1. The van der Waals surface area contributed by atoms with Gasteiger partial charge in [0.2, 0.25) is 0 Å². The van der Waals surface area contributed by atoms with Crippen LogP contribution in [0.25, 0.3) is 0 Å². The third-order valence-corrected chi connectivity index (χ3v) is 2.19. The molecule has 1 amide bonds. The van der Waals surface area contributed by atoms with E-state index in [4.69, 9.17) is 9.84 Å². The summed E-state index contributed by atoms with van der Waals surface area (Å²) in [7, 11) is 2.88. The van der Waals surface area contributed by atoms with Crippen LogP contribution in [0.3, 0.4) is 0 Å². The highest BCUT2D eigenvalue weighted by molar-refractivity contribution is 5.96. The molecule has 0 aromatic heterocycles. The molecule has 0 aliphatic heterocycles. The zero-order chi connectivity index (χ0) is 12.3. The number of hydrogen-bond donors (Lipinski definition) is 1. The summed E-state index contributed by atoms with van der Waals surface area (Å²) in [5, 5.41) is 9.16. The number of aliphatic hydroxyl groups is 1. The van der Waals surface area contributed by atoms with Gasteiger partial charge in [0, 0.05) is 13.1 Å². The molecular weight excluding hydrogens is 213 g/mol. The van der Waals surface area contributed by atoms with Crippen LogP contribution in [0.4, 0.5) is 10.1 Å². The Kier molecular flexibility index (Phi) is 3.84. The second-order valence-corrected chi connectivity index (χ2v) is 3.39. The zero-order valence-electron chi connectivity index (χ0n) is 9.40. The van der Waals surface area contributed by atoms with Crippen LogP contribution in [0.15, 0.2) is 18.2 Å². The van der Waals surface area contributed by atoms with Crippen LogP contribution in [0, 0.1) is 5.82 Å². The molecule has 0 aliphatic rings. The Bertz CT molecular complexity index is 393. The number of methoxy groups -OCH3 is 1. The summed E-state index contributed by atoms with van der Waals surface area (Å²) in [6, 6.07) is 3.85. The number of amides is 1. The number of likely N-dealkylation sites (N-methyl/N-ethyl adjacent to an activating group) is 1. The molecule has 1 unspecified atom stereocenters. The van der Waals surface area contributed by atoms with Gasteiger partial charge in [-0.1, -0.05) is 0 Å². The van der Waals surface area contributed by atoms with Crippen LogP contribution in [-0.2, 0) is 4.79 Å². The van der Waals surface area contributed by atoms with E-state index in [0.717, 1.165) is 4.90 Å². The number of anilines is 1. The first-order chi connectivity index (χ1) is 7.47. The summed E-state index contributed by atoms with van der Waals surface area (Å²) in [6.45, 7) is 1.35. The van der Waals surface area contributed by atoms with E-state index in [1.165, 1.54) is 39.3 Å². The molecule has 16 heavy (non-hydrogen) atoms. The topological polar surface area (TPSA) is 49.8 Å². The minimum Gasteiger partial charge on any atom is -0.495 e. The molecular formula is C11H14FNO3. The van der Waals surface area contributed by atoms with E-state index in [9.17, 15) is 9.18 Å². The molecule has 1 aromatic carbocycles. The zero-order valence-corrected chi connectivity index (χ0v) is 9.40. The fourth-order valence-corrected chi connectivity index (χ4v) is 1.32. The molecule has 0 saturated heterocycles. The monoisotopic (exact) mass is 227 g/mol. The van der Waals surface area contributed by atoms with Gasteiger partial charge in [0.05, 0.1) is 12.8 Å². The van der Waals surface area contributed by atoms with Crippen molar-refractivity contribution >= 4 is 11.6 Å². The summed E-state index contributed by atoms with van der Waals surface area (Å²) in [4.78, 5) is 12.7. The molecule has 0 saturated carbocycles. The summed E-state index contributed by atoms with van der Waals surface area (Å²) in [5.74, 6) is -0.622. The number of benzene rings is 1. The number of hydrogen-bond acceptors (Lipinski definition) is 3. The number of ether oxygens (including phenoxy) is 1. The summed E-state index contributed by atoms with van der Waals surface area (Å²) in [6.07, 6.45) is -1.14. The van der Waals surface area contributed by atoms with Crippen molar-refractivity contribution in [1.29, 1.82) is 0 Å². The second-order valence-electron chi connectivity index (χ2n) is 3.39. The lowest BCUT2D eigenvalue weighted by Gasteiger charge is -2.21. The maximum absolute atomic E-state index is 13.1. The Morgan fingerprint density at radius 3 is 2.69 bits per heavy atom. The van der Waals surface area contributed by atoms with Crippen molar-refractivity contribution in [3.8, 4) is 5.75 Å². The third-order valence-electron chi connectivity index (χ3n) is 2.19. The molecule has 1 rings (SSSR count). The molecule has 1 aromatic rings. The van der Waals surface area contributed by atoms with E-state index in [2.05, 4.69) is 0 Å². The predicted molar refractivity (Wildman–Crippen MR) is 58.0 cm³/mol. The van der Waals surface area contributed by atoms with Gasteiger partial charge in [-0.2, -0.15) is 0 Å². The van der Waals surface area contributed by atoms with Crippen LogP contribution < -0.4 is 9.64 Å². The highest BCUT2D eigenvalue weighted by Gasteiger charge is 2.19. The molecule has 0 fully saturated rings. The van der Waals surface area contributed by atoms with Crippen LogP contribution in [-0.4, -0.2) is 31.3 Å². The maximum atomic E-state index is 13.1. The Balaban J connectivity index is 3.11. The van der Waals surface area contributed by atoms with Gasteiger partial charge in [-0.3, -0.25) is 4.79 Å². The minimum absolute atomic E-state index is 0.286. The first-order valence-electron chi connectivity index (χ1n) is 4.76. The number of aliphatic hydroxyl groups excluding tert-OH is 1. The SMILES string of the molecule is COc1ccc(F)cc1N(C)C(=O)C(C)O. The van der Waals surface area contributed by atoms with E-state index in [1.807, 2.05) is 0 Å². The normalized spacial score (nSPS) is 12.1. The van der Waals surface area contributed by atoms with Crippen LogP contribution in [0.2, 0.25) is 0 Å². The molecule has 0 spiro atoms. The fraction of sp³-hybridized carbons (Fsp3) is 0.364. The highest BCUT2D eigenvalue weighted by Crippen LogP contribution is 2.28. The van der Waals surface area contributed by atoms with E-state index < -0.39 is 17.8 Å². The predicted octanol–water partition coefficient (Wildman–Crippen LogP) is 1.18. The number of rotatable bonds is 3. The van der Waals surface area contributed by atoms with E-state index >= 15 is 0 Å². The van der Waals surface area contributed by atoms with Crippen LogP contribution >= 0.6 is 0 Å². The molecule has 88 valence electrons. The van der Waals surface area contributed by atoms with Gasteiger partial charge in [-0.05, 0) is 19.1 Å². The minimum atomic E-state index is -1.14. The summed E-state index contributed by atoms with van der Waals surface area (Å²) < 4.78 is 18.1. The van der Waals surface area contributed by atoms with Gasteiger partial charge in [-0.25, -0.2) is 4.39 Å². The van der Waals surface area contributed by atoms with Crippen molar-refractivity contribution in [2.75, 3.05) is 19.1 Å². The van der Waals surface area contributed by atoms with Crippen molar-refractivity contribution in [3.63, 3.8) is 0 Å². The average Bonchev–Trinajstić information content (AvgIpc) is 2.26. The summed E-state index contributed by atoms with van der Waals surface area (Å²) >= 11 is 0. The van der Waals surface area contributed by atoms with Gasteiger partial charge in [-0.15, -0.1) is 0 Å². The standard InChI is InChI=1S/C11H14FNO3/c1-7(14)11(15)13(2)9-6-8(12)4-5-10(9)16-3/h4-7,14H,1-3H3. The lowest BCUT2D eigenvalue weighted by molar-refractivity contribution is -0.125. The van der Waals surface area contributed by atoms with Crippen molar-refractivity contribution in [2.45, 2.75) is 13.0 Å². The van der Waals surface area contributed by atoms with E-state index in [1.54, 1.807) is 0 Å². The Labute approximate surface area is 93.3 Å². The quantitative estimate of drug-likeness (QED) is 0.843. The van der Waals surface area contributed by atoms with Gasteiger partial charge >= 0.3 is 0 Å². The average molecular weight is 227 g/mol. The lowest BCUT2D eigenvalue weighted by Crippen LogP contribution is -2.34. The van der Waals surface area contributed by atoms with Crippen molar-refractivity contribution in [3.05, 3.63) is 24.0 Å². The lowest BCUT2D eigenvalue weighted by atomic mass is 10.2. The first-order valence-corrected chi connectivity index (χ1v) is 4.76. The third kappa shape index (κ3) is 2.49. The Morgan fingerprint density at radius 2 is 2.19 bits per heavy atom. The number of nitrogens with zero attached hydrogens (tertiary/aromatic N) is 1. The Hall–Kier alpha value is -1.62. The van der Waals surface area contributed by atoms with E-state index in [0.29, 0.717) is 5.75 Å². The molecule has 1 atom stereocenters. The van der Waals surface area contributed by atoms with Crippen molar-refractivity contribution in [2.24, 2.45) is 0 Å². The highest BCUT2D eigenvalue weighted by atomic mass is 19.1. The van der Waals surface area contributed by atoms with Crippen molar-refractivity contribution < 1.29 is 19.0 Å². The molecule has 5 heteroatoms. The van der Waals surface area contributed by atoms with Gasteiger partial charge < -0.3 is 14.7 Å². The number of carbonyl (C=O) groups is 1. The fourth-order valence-electron chi connectivity index (χ4n) is 1.32. The van der Waals surface area contributed by atoms with Crippen molar-refractivity contribution in [1.82, 2.24) is 0 Å². The molecule has 0 heterocycles. The largest absolute Gasteiger partial charge is 0.495 e. The smallest absolute Gasteiger partial charge is 0.255 e. The number of halogens is 1. The molecule has 4 nitrogen and oxygen atoms in total. The van der Waals surface area contributed by atoms with Gasteiger partial charge in [0.1, 0.15) is 17.7 Å². The second kappa shape index (κ2) is 4.94. The molecule has 0 bridgehead atoms.